The van der Waals surface area contributed by atoms with Crippen LogP contribution in [0.3, 0.4) is 0 Å². The first-order valence-corrected chi connectivity index (χ1v) is 6.25. The Morgan fingerprint density at radius 2 is 1.56 bits per heavy atom. The van der Waals surface area contributed by atoms with E-state index in [0.717, 1.165) is 16.5 Å². The topological polar surface area (TPSA) is 12.9 Å². The van der Waals surface area contributed by atoms with Gasteiger partial charge in [0, 0.05) is 5.39 Å². The number of hydrogen-bond acceptors (Lipinski definition) is 1. The molecule has 0 N–H and O–H groups in total. The van der Waals surface area contributed by atoms with Crippen LogP contribution in [0.1, 0.15) is 5.56 Å². The van der Waals surface area contributed by atoms with Gasteiger partial charge in [0.2, 0.25) is 0 Å². The number of halogens is 1. The molecular weight excluding hydrogens is 242 g/mol. The van der Waals surface area contributed by atoms with Crippen LogP contribution in [0.25, 0.3) is 22.0 Å². The molecule has 0 unspecified atom stereocenters. The maximum atomic E-state index is 6.23. The van der Waals surface area contributed by atoms with Gasteiger partial charge in [0.05, 0.1) is 5.52 Å². The fourth-order valence-corrected chi connectivity index (χ4v) is 2.44. The van der Waals surface area contributed by atoms with E-state index in [1.165, 1.54) is 11.1 Å². The highest BCUT2D eigenvalue weighted by atomic mass is 35.5. The van der Waals surface area contributed by atoms with Crippen molar-refractivity contribution in [2.45, 2.75) is 6.92 Å². The monoisotopic (exact) mass is 253 g/mol. The SMILES string of the molecule is Cc1c(Cl)nc2ccccc2c1-c1ccccc1. The van der Waals surface area contributed by atoms with E-state index in [9.17, 15) is 0 Å². The summed E-state index contributed by atoms with van der Waals surface area (Å²) >= 11 is 6.23. The molecule has 0 saturated heterocycles. The molecule has 0 bridgehead atoms. The second kappa shape index (κ2) is 4.43. The summed E-state index contributed by atoms with van der Waals surface area (Å²) in [6, 6.07) is 18.4. The Morgan fingerprint density at radius 3 is 2.33 bits per heavy atom. The zero-order chi connectivity index (χ0) is 12.5. The Bertz CT molecular complexity index is 705. The van der Waals surface area contributed by atoms with Gasteiger partial charge in [-0.2, -0.15) is 0 Å². The van der Waals surface area contributed by atoms with E-state index in [-0.39, 0.29) is 0 Å². The molecule has 0 atom stereocenters. The number of benzene rings is 2. The maximum Gasteiger partial charge on any atom is 0.133 e. The van der Waals surface area contributed by atoms with Gasteiger partial charge in [0.1, 0.15) is 5.15 Å². The number of pyridine rings is 1. The summed E-state index contributed by atoms with van der Waals surface area (Å²) < 4.78 is 0. The predicted molar refractivity (Wildman–Crippen MR) is 76.9 cm³/mol. The molecule has 0 aliphatic carbocycles. The van der Waals surface area contributed by atoms with Gasteiger partial charge in [0.15, 0.2) is 0 Å². The van der Waals surface area contributed by atoms with E-state index in [1.54, 1.807) is 0 Å². The highest BCUT2D eigenvalue weighted by molar-refractivity contribution is 6.31. The second-order valence-electron chi connectivity index (χ2n) is 4.29. The minimum atomic E-state index is 0.576. The number of para-hydroxylation sites is 1. The van der Waals surface area contributed by atoms with Crippen molar-refractivity contribution in [3.05, 3.63) is 65.3 Å². The van der Waals surface area contributed by atoms with E-state index in [0.29, 0.717) is 5.15 Å². The zero-order valence-corrected chi connectivity index (χ0v) is 10.8. The molecule has 18 heavy (non-hydrogen) atoms. The molecule has 1 heterocycles. The summed E-state index contributed by atoms with van der Waals surface area (Å²) in [5.74, 6) is 0. The van der Waals surface area contributed by atoms with Crippen molar-refractivity contribution in [3.63, 3.8) is 0 Å². The third-order valence-electron chi connectivity index (χ3n) is 3.14. The van der Waals surface area contributed by atoms with Crippen LogP contribution < -0.4 is 0 Å². The van der Waals surface area contributed by atoms with Crippen molar-refractivity contribution in [2.24, 2.45) is 0 Å². The molecule has 0 aliphatic heterocycles. The number of fused-ring (bicyclic) bond motifs is 1. The highest BCUT2D eigenvalue weighted by Crippen LogP contribution is 2.33. The minimum absolute atomic E-state index is 0.576. The normalized spacial score (nSPS) is 10.8. The third-order valence-corrected chi connectivity index (χ3v) is 3.51. The van der Waals surface area contributed by atoms with Crippen LogP contribution >= 0.6 is 11.6 Å². The fraction of sp³-hybridized carbons (Fsp3) is 0.0625. The van der Waals surface area contributed by atoms with Crippen LogP contribution in [0.4, 0.5) is 0 Å². The van der Waals surface area contributed by atoms with E-state index >= 15 is 0 Å². The molecule has 3 rings (SSSR count). The number of hydrogen-bond donors (Lipinski definition) is 0. The lowest BCUT2D eigenvalue weighted by atomic mass is 9.97. The van der Waals surface area contributed by atoms with E-state index < -0.39 is 0 Å². The van der Waals surface area contributed by atoms with Crippen LogP contribution in [0.15, 0.2) is 54.6 Å². The van der Waals surface area contributed by atoms with Crippen LogP contribution in [-0.2, 0) is 0 Å². The predicted octanol–water partition coefficient (Wildman–Crippen LogP) is 4.86. The maximum absolute atomic E-state index is 6.23. The quantitative estimate of drug-likeness (QED) is 0.564. The van der Waals surface area contributed by atoms with Crippen LogP contribution in [0.5, 0.6) is 0 Å². The molecule has 3 aromatic rings. The Morgan fingerprint density at radius 1 is 0.889 bits per heavy atom. The first-order chi connectivity index (χ1) is 8.77. The first kappa shape index (κ1) is 11.2. The molecular formula is C16H12ClN. The highest BCUT2D eigenvalue weighted by Gasteiger charge is 2.11. The van der Waals surface area contributed by atoms with Crippen LogP contribution in [0.2, 0.25) is 5.15 Å². The van der Waals surface area contributed by atoms with E-state index in [4.69, 9.17) is 11.6 Å². The van der Waals surface area contributed by atoms with Gasteiger partial charge in [-0.3, -0.25) is 0 Å². The molecule has 0 fully saturated rings. The zero-order valence-electron chi connectivity index (χ0n) is 10.0. The smallest absolute Gasteiger partial charge is 0.133 e. The van der Waals surface area contributed by atoms with Crippen molar-refractivity contribution >= 4 is 22.5 Å². The van der Waals surface area contributed by atoms with Crippen molar-refractivity contribution in [2.75, 3.05) is 0 Å². The van der Waals surface area contributed by atoms with Gasteiger partial charge in [0.25, 0.3) is 0 Å². The molecule has 0 aliphatic rings. The van der Waals surface area contributed by atoms with Gasteiger partial charge < -0.3 is 0 Å². The molecule has 88 valence electrons. The van der Waals surface area contributed by atoms with Gasteiger partial charge in [-0.15, -0.1) is 0 Å². The standard InChI is InChI=1S/C16H12ClN/c1-11-15(12-7-3-2-4-8-12)13-9-5-6-10-14(13)18-16(11)17/h2-10H,1H3. The first-order valence-electron chi connectivity index (χ1n) is 5.87. The fourth-order valence-electron chi connectivity index (χ4n) is 2.25. The molecule has 2 aromatic carbocycles. The van der Waals surface area contributed by atoms with Crippen molar-refractivity contribution < 1.29 is 0 Å². The van der Waals surface area contributed by atoms with Gasteiger partial charge >= 0.3 is 0 Å². The van der Waals surface area contributed by atoms with Gasteiger partial charge in [-0.1, -0.05) is 60.1 Å². The van der Waals surface area contributed by atoms with Gasteiger partial charge in [-0.05, 0) is 29.7 Å². The summed E-state index contributed by atoms with van der Waals surface area (Å²) in [6.07, 6.45) is 0. The lowest BCUT2D eigenvalue weighted by Gasteiger charge is -2.11. The van der Waals surface area contributed by atoms with Crippen LogP contribution in [-0.4, -0.2) is 4.98 Å². The average Bonchev–Trinajstić information content (AvgIpc) is 2.41. The number of nitrogens with zero attached hydrogens (tertiary/aromatic N) is 1. The summed E-state index contributed by atoms with van der Waals surface area (Å²) in [6.45, 7) is 2.02. The van der Waals surface area contributed by atoms with Gasteiger partial charge in [-0.25, -0.2) is 4.98 Å². The Balaban J connectivity index is 2.43. The lowest BCUT2D eigenvalue weighted by molar-refractivity contribution is 1.33. The summed E-state index contributed by atoms with van der Waals surface area (Å²) in [5.41, 5.74) is 4.32. The molecule has 0 radical (unpaired) electrons. The number of rotatable bonds is 1. The second-order valence-corrected chi connectivity index (χ2v) is 4.64. The van der Waals surface area contributed by atoms with Crippen molar-refractivity contribution in [3.8, 4) is 11.1 Å². The van der Waals surface area contributed by atoms with E-state index in [1.807, 2.05) is 43.3 Å². The molecule has 1 nitrogen and oxygen atoms in total. The number of aromatic nitrogens is 1. The molecule has 2 heteroatoms. The van der Waals surface area contributed by atoms with Crippen LogP contribution in [0, 0.1) is 6.92 Å². The summed E-state index contributed by atoms with van der Waals surface area (Å²) in [7, 11) is 0. The van der Waals surface area contributed by atoms with E-state index in [2.05, 4.69) is 23.2 Å². The van der Waals surface area contributed by atoms with Crippen molar-refractivity contribution in [1.29, 1.82) is 0 Å². The molecule has 0 saturated carbocycles. The largest absolute Gasteiger partial charge is 0.236 e. The average molecular weight is 254 g/mol. The van der Waals surface area contributed by atoms with Crippen molar-refractivity contribution in [1.82, 2.24) is 4.98 Å². The molecule has 0 amide bonds. The summed E-state index contributed by atoms with van der Waals surface area (Å²) in [4.78, 5) is 4.43. The Kier molecular flexibility index (Phi) is 2.77. The lowest BCUT2D eigenvalue weighted by Crippen LogP contribution is -1.91. The Labute approximate surface area is 111 Å². The minimum Gasteiger partial charge on any atom is -0.236 e. The Hall–Kier alpha value is -1.86. The summed E-state index contributed by atoms with van der Waals surface area (Å²) in [5, 5.41) is 1.72. The third kappa shape index (κ3) is 1.77. The molecule has 1 aromatic heterocycles. The molecule has 0 spiro atoms.